The van der Waals surface area contributed by atoms with Crippen LogP contribution in [0.25, 0.3) is 0 Å². The van der Waals surface area contributed by atoms with Crippen molar-refractivity contribution >= 4 is 0 Å². The van der Waals surface area contributed by atoms with E-state index in [4.69, 9.17) is 0 Å². The molecule has 0 bridgehead atoms. The molecular formula is C8H16N4. The molecule has 1 rings (SSSR count). The summed E-state index contributed by atoms with van der Waals surface area (Å²) in [5, 5.41) is 10.1. The highest BCUT2D eigenvalue weighted by Crippen LogP contribution is 1.88. The molecule has 0 spiro atoms. The van der Waals surface area contributed by atoms with Crippen molar-refractivity contribution in [2.45, 2.75) is 6.54 Å². The molecule has 0 aliphatic rings. The van der Waals surface area contributed by atoms with Crippen LogP contribution in [-0.2, 0) is 6.54 Å². The van der Waals surface area contributed by atoms with Crippen LogP contribution in [0.4, 0.5) is 0 Å². The van der Waals surface area contributed by atoms with Gasteiger partial charge in [-0.15, -0.1) is 0 Å². The summed E-state index contributed by atoms with van der Waals surface area (Å²) in [6.45, 7) is 2.94. The number of aromatic amines is 1. The molecule has 0 unspecified atom stereocenters. The van der Waals surface area contributed by atoms with Crippen molar-refractivity contribution in [3.8, 4) is 0 Å². The number of H-pyrrole nitrogens is 1. The van der Waals surface area contributed by atoms with Gasteiger partial charge in [0.15, 0.2) is 0 Å². The number of aromatic nitrogens is 2. The van der Waals surface area contributed by atoms with Gasteiger partial charge in [0.25, 0.3) is 0 Å². The van der Waals surface area contributed by atoms with Crippen LogP contribution in [0.5, 0.6) is 0 Å². The van der Waals surface area contributed by atoms with Crippen molar-refractivity contribution in [3.63, 3.8) is 0 Å². The SMILES string of the molecule is CN(C)CCNCc1ccn[nH]1. The van der Waals surface area contributed by atoms with E-state index in [1.165, 1.54) is 0 Å². The molecule has 0 saturated carbocycles. The Morgan fingerprint density at radius 3 is 3.00 bits per heavy atom. The third kappa shape index (κ3) is 3.50. The van der Waals surface area contributed by atoms with Crippen LogP contribution in [0.3, 0.4) is 0 Å². The highest BCUT2D eigenvalue weighted by Gasteiger charge is 1.92. The number of hydrogen-bond donors (Lipinski definition) is 2. The zero-order valence-electron chi connectivity index (χ0n) is 7.67. The van der Waals surface area contributed by atoms with Crippen molar-refractivity contribution in [1.82, 2.24) is 20.4 Å². The number of rotatable bonds is 5. The average molecular weight is 168 g/mol. The molecule has 4 nitrogen and oxygen atoms in total. The lowest BCUT2D eigenvalue weighted by molar-refractivity contribution is 0.399. The molecule has 0 saturated heterocycles. The van der Waals surface area contributed by atoms with E-state index in [2.05, 4.69) is 34.5 Å². The molecule has 0 atom stereocenters. The lowest BCUT2D eigenvalue weighted by Gasteiger charge is -2.09. The molecule has 0 aliphatic heterocycles. The third-order valence-electron chi connectivity index (χ3n) is 1.61. The van der Waals surface area contributed by atoms with E-state index in [9.17, 15) is 0 Å². The Labute approximate surface area is 73.0 Å². The molecule has 68 valence electrons. The van der Waals surface area contributed by atoms with Crippen LogP contribution < -0.4 is 5.32 Å². The van der Waals surface area contributed by atoms with Crippen LogP contribution in [0.2, 0.25) is 0 Å². The Morgan fingerprint density at radius 2 is 2.42 bits per heavy atom. The third-order valence-corrected chi connectivity index (χ3v) is 1.61. The first-order valence-corrected chi connectivity index (χ1v) is 4.13. The van der Waals surface area contributed by atoms with Crippen molar-refractivity contribution in [3.05, 3.63) is 18.0 Å². The fourth-order valence-corrected chi connectivity index (χ4v) is 0.909. The van der Waals surface area contributed by atoms with E-state index in [1.54, 1.807) is 6.20 Å². The maximum atomic E-state index is 3.86. The molecular weight excluding hydrogens is 152 g/mol. The van der Waals surface area contributed by atoms with E-state index >= 15 is 0 Å². The summed E-state index contributed by atoms with van der Waals surface area (Å²) in [6.07, 6.45) is 1.77. The predicted molar refractivity (Wildman–Crippen MR) is 48.8 cm³/mol. The molecule has 0 fully saturated rings. The minimum atomic E-state index is 0.869. The molecule has 12 heavy (non-hydrogen) atoms. The molecule has 0 radical (unpaired) electrons. The molecule has 1 aromatic heterocycles. The first-order valence-electron chi connectivity index (χ1n) is 4.13. The van der Waals surface area contributed by atoms with Crippen molar-refractivity contribution in [1.29, 1.82) is 0 Å². The maximum absolute atomic E-state index is 3.86. The van der Waals surface area contributed by atoms with Gasteiger partial charge in [0.05, 0.1) is 0 Å². The van der Waals surface area contributed by atoms with Crippen LogP contribution in [0, 0.1) is 0 Å². The van der Waals surface area contributed by atoms with Crippen LogP contribution in [-0.4, -0.2) is 42.3 Å². The topological polar surface area (TPSA) is 44.0 Å². The summed E-state index contributed by atoms with van der Waals surface area (Å²) >= 11 is 0. The fraction of sp³-hybridized carbons (Fsp3) is 0.625. The summed E-state index contributed by atoms with van der Waals surface area (Å²) in [5.74, 6) is 0. The van der Waals surface area contributed by atoms with E-state index in [-0.39, 0.29) is 0 Å². The number of nitrogens with one attached hydrogen (secondary N) is 2. The highest BCUT2D eigenvalue weighted by atomic mass is 15.1. The Hall–Kier alpha value is -0.870. The second kappa shape index (κ2) is 4.90. The van der Waals surface area contributed by atoms with Gasteiger partial charge in [0.1, 0.15) is 0 Å². The van der Waals surface area contributed by atoms with Gasteiger partial charge in [0, 0.05) is 31.5 Å². The fourth-order valence-electron chi connectivity index (χ4n) is 0.909. The largest absolute Gasteiger partial charge is 0.310 e. The molecule has 0 aliphatic carbocycles. The van der Waals surface area contributed by atoms with Gasteiger partial charge in [-0.1, -0.05) is 0 Å². The van der Waals surface area contributed by atoms with Gasteiger partial charge in [-0.25, -0.2) is 0 Å². The number of likely N-dealkylation sites (N-methyl/N-ethyl adjacent to an activating group) is 1. The summed E-state index contributed by atoms with van der Waals surface area (Å²) in [5.41, 5.74) is 1.13. The Kier molecular flexibility index (Phi) is 3.76. The van der Waals surface area contributed by atoms with Gasteiger partial charge in [-0.05, 0) is 20.2 Å². The van der Waals surface area contributed by atoms with Crippen LogP contribution in [0.15, 0.2) is 12.3 Å². The van der Waals surface area contributed by atoms with Gasteiger partial charge in [-0.3, -0.25) is 5.10 Å². The van der Waals surface area contributed by atoms with Crippen molar-refractivity contribution in [2.75, 3.05) is 27.2 Å². The van der Waals surface area contributed by atoms with Crippen molar-refractivity contribution < 1.29 is 0 Å². The van der Waals surface area contributed by atoms with Gasteiger partial charge < -0.3 is 10.2 Å². The molecule has 1 aromatic rings. The second-order valence-electron chi connectivity index (χ2n) is 3.06. The lowest BCUT2D eigenvalue weighted by Crippen LogP contribution is -2.26. The Bertz CT molecular complexity index is 193. The standard InChI is InChI=1S/C8H16N4/c1-12(2)6-5-9-7-8-3-4-10-11-8/h3-4,9H,5-7H2,1-2H3,(H,10,11). The predicted octanol–water partition coefficient (Wildman–Crippen LogP) is 0.0609. The molecule has 0 amide bonds. The van der Waals surface area contributed by atoms with Crippen molar-refractivity contribution in [2.24, 2.45) is 0 Å². The van der Waals surface area contributed by atoms with E-state index in [0.717, 1.165) is 25.3 Å². The quantitative estimate of drug-likeness (QED) is 0.611. The summed E-state index contributed by atoms with van der Waals surface area (Å²) in [4.78, 5) is 2.15. The monoisotopic (exact) mass is 168 g/mol. The van der Waals surface area contributed by atoms with E-state index in [0.29, 0.717) is 0 Å². The van der Waals surface area contributed by atoms with Crippen LogP contribution in [0.1, 0.15) is 5.69 Å². The summed E-state index contributed by atoms with van der Waals surface area (Å²) < 4.78 is 0. The zero-order valence-corrected chi connectivity index (χ0v) is 7.67. The van der Waals surface area contributed by atoms with Crippen LogP contribution >= 0.6 is 0 Å². The van der Waals surface area contributed by atoms with Gasteiger partial charge in [-0.2, -0.15) is 5.10 Å². The summed E-state index contributed by atoms with van der Waals surface area (Å²) in [6, 6.07) is 1.97. The molecule has 2 N–H and O–H groups in total. The lowest BCUT2D eigenvalue weighted by atomic mass is 10.4. The Balaban J connectivity index is 2.04. The molecule has 4 heteroatoms. The first kappa shape index (κ1) is 9.22. The average Bonchev–Trinajstić information content (AvgIpc) is 2.49. The Morgan fingerprint density at radius 1 is 1.58 bits per heavy atom. The second-order valence-corrected chi connectivity index (χ2v) is 3.06. The summed E-state index contributed by atoms with van der Waals surface area (Å²) in [7, 11) is 4.13. The van der Waals surface area contributed by atoms with Gasteiger partial charge >= 0.3 is 0 Å². The minimum Gasteiger partial charge on any atom is -0.310 e. The zero-order chi connectivity index (χ0) is 8.81. The molecule has 0 aromatic carbocycles. The smallest absolute Gasteiger partial charge is 0.0490 e. The molecule has 1 heterocycles. The maximum Gasteiger partial charge on any atom is 0.0490 e. The van der Waals surface area contributed by atoms with E-state index in [1.807, 2.05) is 6.07 Å². The number of hydrogen-bond acceptors (Lipinski definition) is 3. The highest BCUT2D eigenvalue weighted by molar-refractivity contribution is 4.96. The minimum absolute atomic E-state index is 0.869. The first-order chi connectivity index (χ1) is 5.79. The van der Waals surface area contributed by atoms with E-state index < -0.39 is 0 Å². The normalized spacial score (nSPS) is 10.9. The number of nitrogens with zero attached hydrogens (tertiary/aromatic N) is 2. The van der Waals surface area contributed by atoms with Gasteiger partial charge in [0.2, 0.25) is 0 Å².